The van der Waals surface area contributed by atoms with Gasteiger partial charge >= 0.3 is 0 Å². The van der Waals surface area contributed by atoms with Gasteiger partial charge in [-0.15, -0.1) is 0 Å². The Hall–Kier alpha value is -2.92. The van der Waals surface area contributed by atoms with Crippen molar-refractivity contribution in [1.29, 1.82) is 0 Å². The second-order valence-corrected chi connectivity index (χ2v) is 7.96. The molecule has 0 spiro atoms. The van der Waals surface area contributed by atoms with Crippen molar-refractivity contribution >= 4 is 5.91 Å². The van der Waals surface area contributed by atoms with Crippen LogP contribution in [0.4, 0.5) is 0 Å². The molecule has 1 fully saturated rings. The Morgan fingerprint density at radius 2 is 1.76 bits per heavy atom. The molecule has 1 amide bonds. The van der Waals surface area contributed by atoms with E-state index in [-0.39, 0.29) is 5.91 Å². The first-order chi connectivity index (χ1) is 14.2. The quantitative estimate of drug-likeness (QED) is 0.677. The molecule has 150 valence electrons. The third-order valence-electron chi connectivity index (χ3n) is 5.61. The second-order valence-electron chi connectivity index (χ2n) is 7.96. The Bertz CT molecular complexity index is 922. The summed E-state index contributed by atoms with van der Waals surface area (Å²) in [5, 5.41) is 0. The third kappa shape index (κ3) is 5.12. The lowest BCUT2D eigenvalue weighted by Gasteiger charge is -2.20. The van der Waals surface area contributed by atoms with Gasteiger partial charge in [-0.25, -0.2) is 4.98 Å². The lowest BCUT2D eigenvalue weighted by atomic mass is 9.99. The lowest BCUT2D eigenvalue weighted by Crippen LogP contribution is -2.44. The van der Waals surface area contributed by atoms with Gasteiger partial charge in [-0.05, 0) is 29.9 Å². The summed E-state index contributed by atoms with van der Waals surface area (Å²) in [6, 6.07) is 20.2. The number of aromatic nitrogens is 2. The molecule has 1 aliphatic rings. The van der Waals surface area contributed by atoms with E-state index in [0.717, 1.165) is 38.2 Å². The first-order valence-electron chi connectivity index (χ1n) is 10.3. The average Bonchev–Trinajstić information content (AvgIpc) is 3.38. The van der Waals surface area contributed by atoms with E-state index in [1.54, 1.807) is 0 Å². The number of carbonyl (C=O) groups is 1. The molecular weight excluding hydrogens is 360 g/mol. The van der Waals surface area contributed by atoms with Gasteiger partial charge in [0, 0.05) is 32.3 Å². The summed E-state index contributed by atoms with van der Waals surface area (Å²) in [5.41, 5.74) is 9.67. The van der Waals surface area contributed by atoms with Gasteiger partial charge in [0.15, 0.2) is 0 Å². The van der Waals surface area contributed by atoms with Crippen molar-refractivity contribution in [3.05, 3.63) is 90.0 Å². The Morgan fingerprint density at radius 3 is 2.48 bits per heavy atom. The van der Waals surface area contributed by atoms with Crippen LogP contribution in [0.3, 0.4) is 0 Å². The minimum absolute atomic E-state index is 0.0400. The van der Waals surface area contributed by atoms with E-state index in [2.05, 4.69) is 41.4 Å². The van der Waals surface area contributed by atoms with Crippen LogP contribution in [0.2, 0.25) is 0 Å². The highest BCUT2D eigenvalue weighted by molar-refractivity contribution is 5.82. The van der Waals surface area contributed by atoms with Crippen LogP contribution in [-0.2, 0) is 24.2 Å². The van der Waals surface area contributed by atoms with Crippen molar-refractivity contribution in [2.75, 3.05) is 13.1 Å². The predicted octanol–water partition coefficient (Wildman–Crippen LogP) is 2.89. The maximum atomic E-state index is 12.8. The summed E-state index contributed by atoms with van der Waals surface area (Å²) in [6.07, 6.45) is 6.33. The fourth-order valence-electron chi connectivity index (χ4n) is 4.09. The van der Waals surface area contributed by atoms with Crippen molar-refractivity contribution in [2.24, 2.45) is 11.7 Å². The van der Waals surface area contributed by atoms with Crippen LogP contribution in [0.25, 0.3) is 0 Å². The zero-order chi connectivity index (χ0) is 20.1. The number of hydrogen-bond acceptors (Lipinski definition) is 3. The number of nitrogens with zero attached hydrogens (tertiary/aromatic N) is 3. The summed E-state index contributed by atoms with van der Waals surface area (Å²) in [4.78, 5) is 19.2. The topological polar surface area (TPSA) is 64.2 Å². The van der Waals surface area contributed by atoms with Gasteiger partial charge in [0.25, 0.3) is 0 Å². The monoisotopic (exact) mass is 388 g/mol. The molecule has 5 heteroatoms. The van der Waals surface area contributed by atoms with Gasteiger partial charge in [-0.2, -0.15) is 0 Å². The Balaban J connectivity index is 1.28. The number of imidazole rings is 1. The molecule has 2 N–H and O–H groups in total. The highest BCUT2D eigenvalue weighted by Crippen LogP contribution is 2.21. The highest BCUT2D eigenvalue weighted by atomic mass is 16.2. The van der Waals surface area contributed by atoms with E-state index in [0.29, 0.717) is 12.3 Å². The molecule has 1 saturated heterocycles. The maximum absolute atomic E-state index is 12.8. The molecule has 2 aromatic carbocycles. The van der Waals surface area contributed by atoms with E-state index < -0.39 is 6.04 Å². The maximum Gasteiger partial charge on any atom is 0.239 e. The van der Waals surface area contributed by atoms with Crippen LogP contribution in [-0.4, -0.2) is 39.5 Å². The lowest BCUT2D eigenvalue weighted by molar-refractivity contribution is -0.131. The molecular formula is C24H28N4O. The van der Waals surface area contributed by atoms with Crippen molar-refractivity contribution < 1.29 is 4.79 Å². The number of nitrogens with two attached hydrogens (primary N) is 1. The molecule has 0 bridgehead atoms. The highest BCUT2D eigenvalue weighted by Gasteiger charge is 2.29. The summed E-state index contributed by atoms with van der Waals surface area (Å²) < 4.78 is 2.04. The standard InChI is InChI=1S/C24H28N4O/c25-23(14-22-17-27(18-26-22)15-20-9-5-2-6-10-20)24(29)28-12-11-21(16-28)13-19-7-3-1-4-8-19/h1-10,17-18,21,23H,11-16,25H2/t21?,23-/m0/s1. The second kappa shape index (κ2) is 9.05. The average molecular weight is 389 g/mol. The fourth-order valence-corrected chi connectivity index (χ4v) is 4.09. The van der Waals surface area contributed by atoms with Crippen molar-refractivity contribution in [1.82, 2.24) is 14.5 Å². The van der Waals surface area contributed by atoms with Gasteiger partial charge in [0.1, 0.15) is 0 Å². The molecule has 1 unspecified atom stereocenters. The smallest absolute Gasteiger partial charge is 0.239 e. The van der Waals surface area contributed by atoms with E-state index in [1.165, 1.54) is 11.1 Å². The molecule has 2 heterocycles. The van der Waals surface area contributed by atoms with Crippen molar-refractivity contribution in [3.8, 4) is 0 Å². The molecule has 0 saturated carbocycles. The van der Waals surface area contributed by atoms with Crippen LogP contribution in [0.15, 0.2) is 73.2 Å². The molecule has 1 aliphatic heterocycles. The minimum Gasteiger partial charge on any atom is -0.341 e. The molecule has 5 nitrogen and oxygen atoms in total. The predicted molar refractivity (Wildman–Crippen MR) is 114 cm³/mol. The first-order valence-corrected chi connectivity index (χ1v) is 10.3. The first kappa shape index (κ1) is 19.4. The Kier molecular flexibility index (Phi) is 6.06. The summed E-state index contributed by atoms with van der Waals surface area (Å²) in [7, 11) is 0. The zero-order valence-corrected chi connectivity index (χ0v) is 16.7. The summed E-state index contributed by atoms with van der Waals surface area (Å²) in [6.45, 7) is 2.36. The Morgan fingerprint density at radius 1 is 1.07 bits per heavy atom. The van der Waals surface area contributed by atoms with Crippen LogP contribution < -0.4 is 5.73 Å². The number of amides is 1. The number of carbonyl (C=O) groups excluding carboxylic acids is 1. The molecule has 2 atom stereocenters. The van der Waals surface area contributed by atoms with E-state index in [1.807, 2.05) is 46.3 Å². The zero-order valence-electron chi connectivity index (χ0n) is 16.7. The van der Waals surface area contributed by atoms with Gasteiger partial charge in [-0.3, -0.25) is 4.79 Å². The van der Waals surface area contributed by atoms with E-state index in [4.69, 9.17) is 5.73 Å². The molecule has 0 aliphatic carbocycles. The number of hydrogen-bond donors (Lipinski definition) is 1. The SMILES string of the molecule is N[C@@H](Cc1cn(Cc2ccccc2)cn1)C(=O)N1CCC(Cc2ccccc2)C1. The summed E-state index contributed by atoms with van der Waals surface area (Å²) in [5.74, 6) is 0.553. The molecule has 3 aromatic rings. The third-order valence-corrected chi connectivity index (χ3v) is 5.61. The molecule has 29 heavy (non-hydrogen) atoms. The fraction of sp³-hybridized carbons (Fsp3) is 0.333. The Labute approximate surface area is 172 Å². The van der Waals surface area contributed by atoms with Crippen LogP contribution in [0.5, 0.6) is 0 Å². The van der Waals surface area contributed by atoms with Gasteiger partial charge in [0.2, 0.25) is 5.91 Å². The summed E-state index contributed by atoms with van der Waals surface area (Å²) >= 11 is 0. The number of rotatable bonds is 7. The van der Waals surface area contributed by atoms with Crippen molar-refractivity contribution in [3.63, 3.8) is 0 Å². The number of benzene rings is 2. The normalized spacial score (nSPS) is 17.4. The largest absolute Gasteiger partial charge is 0.341 e. The van der Waals surface area contributed by atoms with Gasteiger partial charge in [0.05, 0.1) is 18.1 Å². The van der Waals surface area contributed by atoms with Gasteiger partial charge < -0.3 is 15.2 Å². The van der Waals surface area contributed by atoms with Crippen molar-refractivity contribution in [2.45, 2.75) is 31.8 Å². The van der Waals surface area contributed by atoms with Crippen LogP contribution in [0, 0.1) is 5.92 Å². The molecule has 4 rings (SSSR count). The van der Waals surface area contributed by atoms with Crippen LogP contribution in [0.1, 0.15) is 23.2 Å². The van der Waals surface area contributed by atoms with Gasteiger partial charge in [-0.1, -0.05) is 60.7 Å². The molecule has 1 aromatic heterocycles. The number of likely N-dealkylation sites (tertiary alicyclic amines) is 1. The minimum atomic E-state index is -0.537. The van der Waals surface area contributed by atoms with E-state index in [9.17, 15) is 4.79 Å². The van der Waals surface area contributed by atoms with E-state index >= 15 is 0 Å². The van der Waals surface area contributed by atoms with Crippen LogP contribution >= 0.6 is 0 Å². The molecule has 0 radical (unpaired) electrons.